The monoisotopic (exact) mass is 431 g/mol. The highest BCUT2D eigenvalue weighted by atomic mass is 35.5. The smallest absolute Gasteiger partial charge is 0.0540 e. The Labute approximate surface area is 194 Å². The van der Waals surface area contributed by atoms with Crippen LogP contribution in [0.3, 0.4) is 0 Å². The number of rotatable bonds is 5. The summed E-state index contributed by atoms with van der Waals surface area (Å²) in [5.74, 6) is 0. The van der Waals surface area contributed by atoms with Crippen molar-refractivity contribution < 1.29 is 0 Å². The number of nitrogens with zero attached hydrogens (tertiary/aromatic N) is 1. The molecular formula is C30H22ClN. The van der Waals surface area contributed by atoms with E-state index in [1.54, 1.807) is 0 Å². The molecule has 0 N–H and O–H groups in total. The first-order valence-electron chi connectivity index (χ1n) is 10.7. The summed E-state index contributed by atoms with van der Waals surface area (Å²) in [6, 6.07) is 46.2. The normalized spacial score (nSPS) is 10.7. The van der Waals surface area contributed by atoms with E-state index in [-0.39, 0.29) is 0 Å². The zero-order valence-corrected chi connectivity index (χ0v) is 18.3. The molecule has 2 heteroatoms. The van der Waals surface area contributed by atoms with Crippen molar-refractivity contribution in [1.29, 1.82) is 0 Å². The first-order valence-corrected chi connectivity index (χ1v) is 11.0. The summed E-state index contributed by atoms with van der Waals surface area (Å²) in [6.45, 7) is 0. The van der Waals surface area contributed by atoms with E-state index < -0.39 is 0 Å². The summed E-state index contributed by atoms with van der Waals surface area (Å²) < 4.78 is 0. The van der Waals surface area contributed by atoms with Gasteiger partial charge >= 0.3 is 0 Å². The van der Waals surface area contributed by atoms with Crippen LogP contribution in [0.1, 0.15) is 0 Å². The van der Waals surface area contributed by atoms with Crippen LogP contribution in [0.5, 0.6) is 0 Å². The Bertz CT molecular complexity index is 1230. The minimum absolute atomic E-state index is 0.724. The summed E-state index contributed by atoms with van der Waals surface area (Å²) in [6.07, 6.45) is 0. The molecule has 154 valence electrons. The molecule has 0 fully saturated rings. The van der Waals surface area contributed by atoms with Crippen molar-refractivity contribution >= 4 is 28.7 Å². The molecule has 0 bridgehead atoms. The van der Waals surface area contributed by atoms with Crippen LogP contribution in [0, 0.1) is 0 Å². The van der Waals surface area contributed by atoms with E-state index in [1.807, 2.05) is 24.3 Å². The van der Waals surface area contributed by atoms with Crippen molar-refractivity contribution in [2.75, 3.05) is 4.90 Å². The van der Waals surface area contributed by atoms with Crippen molar-refractivity contribution in [2.45, 2.75) is 0 Å². The number of halogens is 1. The molecule has 5 aromatic rings. The number of hydrogen-bond donors (Lipinski definition) is 0. The lowest BCUT2D eigenvalue weighted by Crippen LogP contribution is -2.12. The van der Waals surface area contributed by atoms with E-state index >= 15 is 0 Å². The molecule has 0 aliphatic carbocycles. The number of hydrogen-bond acceptors (Lipinski definition) is 1. The lowest BCUT2D eigenvalue weighted by atomic mass is 9.99. The maximum atomic E-state index is 6.24. The molecule has 5 rings (SSSR count). The third-order valence-electron chi connectivity index (χ3n) is 5.54. The first-order chi connectivity index (χ1) is 15.8. The Hall–Kier alpha value is -3.81. The predicted molar refractivity (Wildman–Crippen MR) is 137 cm³/mol. The maximum absolute atomic E-state index is 6.24. The minimum Gasteiger partial charge on any atom is -0.309 e. The summed E-state index contributed by atoms with van der Waals surface area (Å²) in [5, 5.41) is 0.724. The highest BCUT2D eigenvalue weighted by Gasteiger charge is 2.19. The second-order valence-electron chi connectivity index (χ2n) is 7.58. The molecule has 0 amide bonds. The van der Waals surface area contributed by atoms with Crippen molar-refractivity contribution in [3.63, 3.8) is 0 Å². The molecule has 0 atom stereocenters. The van der Waals surface area contributed by atoms with Gasteiger partial charge in [0.2, 0.25) is 0 Å². The van der Waals surface area contributed by atoms with Crippen molar-refractivity contribution in [2.24, 2.45) is 0 Å². The van der Waals surface area contributed by atoms with Crippen LogP contribution in [0.4, 0.5) is 17.1 Å². The average Bonchev–Trinajstić information content (AvgIpc) is 2.87. The van der Waals surface area contributed by atoms with Crippen LogP contribution in [-0.4, -0.2) is 0 Å². The van der Waals surface area contributed by atoms with E-state index in [1.165, 1.54) is 22.3 Å². The molecule has 32 heavy (non-hydrogen) atoms. The molecule has 0 aliphatic rings. The second-order valence-corrected chi connectivity index (χ2v) is 8.01. The molecule has 0 saturated heterocycles. The molecule has 0 spiro atoms. The summed E-state index contributed by atoms with van der Waals surface area (Å²) in [4.78, 5) is 2.32. The molecule has 0 heterocycles. The van der Waals surface area contributed by atoms with Crippen LogP contribution in [0.15, 0.2) is 133 Å². The van der Waals surface area contributed by atoms with Gasteiger partial charge in [0, 0.05) is 21.8 Å². The zero-order valence-electron chi connectivity index (χ0n) is 17.5. The van der Waals surface area contributed by atoms with Crippen LogP contribution in [-0.2, 0) is 0 Å². The third-order valence-corrected chi connectivity index (χ3v) is 5.80. The van der Waals surface area contributed by atoms with Gasteiger partial charge in [0.05, 0.1) is 11.4 Å². The maximum Gasteiger partial charge on any atom is 0.0540 e. The lowest BCUT2D eigenvalue weighted by Gasteiger charge is -2.30. The highest BCUT2D eigenvalue weighted by Crippen LogP contribution is 2.44. The SMILES string of the molecule is Clc1ccc(N(c2ccccc2-c2ccccc2)c2ccccc2-c2ccccc2)cc1. The predicted octanol–water partition coefficient (Wildman–Crippen LogP) is 9.14. The Morgan fingerprint density at radius 2 is 0.812 bits per heavy atom. The number of anilines is 3. The molecular weight excluding hydrogens is 410 g/mol. The quantitative estimate of drug-likeness (QED) is 0.268. The summed E-state index contributed by atoms with van der Waals surface area (Å²) in [5.41, 5.74) is 7.99. The molecule has 0 aliphatic heterocycles. The van der Waals surface area contributed by atoms with Gasteiger partial charge in [0.25, 0.3) is 0 Å². The van der Waals surface area contributed by atoms with Gasteiger partial charge in [-0.2, -0.15) is 0 Å². The van der Waals surface area contributed by atoms with Gasteiger partial charge in [0.15, 0.2) is 0 Å². The minimum atomic E-state index is 0.724. The van der Waals surface area contributed by atoms with Crippen LogP contribution < -0.4 is 4.90 Å². The number of para-hydroxylation sites is 2. The second kappa shape index (κ2) is 9.13. The molecule has 0 unspecified atom stereocenters. The summed E-state index contributed by atoms with van der Waals surface area (Å²) >= 11 is 6.24. The van der Waals surface area contributed by atoms with Crippen LogP contribution in [0.25, 0.3) is 22.3 Å². The fraction of sp³-hybridized carbons (Fsp3) is 0. The van der Waals surface area contributed by atoms with Crippen molar-refractivity contribution in [3.8, 4) is 22.3 Å². The Morgan fingerprint density at radius 3 is 1.28 bits per heavy atom. The van der Waals surface area contributed by atoms with Gasteiger partial charge in [-0.05, 0) is 47.5 Å². The Kier molecular flexibility index (Phi) is 5.74. The van der Waals surface area contributed by atoms with E-state index in [4.69, 9.17) is 11.6 Å². The van der Waals surface area contributed by atoms with Crippen molar-refractivity contribution in [3.05, 3.63) is 138 Å². The molecule has 0 saturated carbocycles. The summed E-state index contributed by atoms with van der Waals surface area (Å²) in [7, 11) is 0. The largest absolute Gasteiger partial charge is 0.309 e. The lowest BCUT2D eigenvalue weighted by molar-refractivity contribution is 1.28. The number of benzene rings is 5. The topological polar surface area (TPSA) is 3.24 Å². The fourth-order valence-electron chi connectivity index (χ4n) is 4.06. The average molecular weight is 432 g/mol. The Balaban J connectivity index is 1.77. The van der Waals surface area contributed by atoms with Crippen LogP contribution in [0.2, 0.25) is 5.02 Å². The molecule has 1 nitrogen and oxygen atoms in total. The van der Waals surface area contributed by atoms with Gasteiger partial charge in [-0.15, -0.1) is 0 Å². The van der Waals surface area contributed by atoms with E-state index in [9.17, 15) is 0 Å². The van der Waals surface area contributed by atoms with E-state index in [2.05, 4.69) is 114 Å². The van der Waals surface area contributed by atoms with Gasteiger partial charge < -0.3 is 4.90 Å². The van der Waals surface area contributed by atoms with Crippen LogP contribution >= 0.6 is 11.6 Å². The fourth-order valence-corrected chi connectivity index (χ4v) is 4.18. The molecule has 0 radical (unpaired) electrons. The van der Waals surface area contributed by atoms with Gasteiger partial charge in [-0.3, -0.25) is 0 Å². The van der Waals surface area contributed by atoms with E-state index in [0.717, 1.165) is 22.1 Å². The highest BCUT2D eigenvalue weighted by molar-refractivity contribution is 6.30. The van der Waals surface area contributed by atoms with E-state index in [0.29, 0.717) is 0 Å². The third kappa shape index (κ3) is 4.03. The van der Waals surface area contributed by atoms with Crippen molar-refractivity contribution in [1.82, 2.24) is 0 Å². The van der Waals surface area contributed by atoms with Gasteiger partial charge in [-0.25, -0.2) is 0 Å². The molecule has 5 aromatic carbocycles. The van der Waals surface area contributed by atoms with Gasteiger partial charge in [-0.1, -0.05) is 109 Å². The van der Waals surface area contributed by atoms with Gasteiger partial charge in [0.1, 0.15) is 0 Å². The first kappa shape index (κ1) is 20.1. The molecule has 0 aromatic heterocycles. The zero-order chi connectivity index (χ0) is 21.8. The standard InChI is InChI=1S/C30H22ClN/c31-25-19-21-26(22-20-25)32(29-17-9-7-15-27(29)23-11-3-1-4-12-23)30-18-10-8-16-28(30)24-13-5-2-6-14-24/h1-22H. The Morgan fingerprint density at radius 1 is 0.406 bits per heavy atom.